The molecule has 202 valence electrons. The molecule has 0 radical (unpaired) electrons. The minimum absolute atomic E-state index is 0.121. The van der Waals surface area contributed by atoms with Crippen LogP contribution in [0, 0.1) is 11.3 Å². The Bertz CT molecular complexity index is 1410. The number of carbonyl (C=O) groups is 3. The Kier molecular flexibility index (Phi) is 6.88. The Hall–Kier alpha value is -2.97. The lowest BCUT2D eigenvalue weighted by Gasteiger charge is -2.50. The first-order valence-corrected chi connectivity index (χ1v) is 14.4. The quantitative estimate of drug-likeness (QED) is 0.346. The van der Waals surface area contributed by atoms with Gasteiger partial charge in [-0.25, -0.2) is 23.0 Å². The number of hydrogen-bond donors (Lipinski definition) is 2. The second-order valence-electron chi connectivity index (χ2n) is 9.68. The van der Waals surface area contributed by atoms with Crippen LogP contribution >= 0.6 is 11.3 Å². The number of carboxylic acid groups (broad SMARTS) is 1. The summed E-state index contributed by atoms with van der Waals surface area (Å²) in [6.45, 7) is 6.68. The summed E-state index contributed by atoms with van der Waals surface area (Å²) in [6.07, 6.45) is 2.42. The molecule has 1 saturated heterocycles. The molecule has 37 heavy (non-hydrogen) atoms. The molecule has 0 saturated carbocycles. The maximum atomic E-state index is 13.0. The minimum atomic E-state index is -3.65. The van der Waals surface area contributed by atoms with Gasteiger partial charge in [0.15, 0.2) is 14.9 Å². The third-order valence-corrected chi connectivity index (χ3v) is 9.31. The highest BCUT2D eigenvalue weighted by atomic mass is 32.2. The lowest BCUT2D eigenvalue weighted by atomic mass is 9.66. The first kappa shape index (κ1) is 27.1. The molecular formula is C23H29N3O9S2. The zero-order valence-electron chi connectivity index (χ0n) is 21.0. The van der Waals surface area contributed by atoms with E-state index in [0.29, 0.717) is 21.7 Å². The molecule has 0 spiro atoms. The number of aliphatic hydroxyl groups excluding tert-OH is 1. The van der Waals surface area contributed by atoms with Crippen LogP contribution in [0.1, 0.15) is 45.4 Å². The molecule has 4 heterocycles. The van der Waals surface area contributed by atoms with Crippen molar-refractivity contribution in [3.8, 4) is 0 Å². The number of aliphatic carboxylic acids is 1. The van der Waals surface area contributed by atoms with Crippen LogP contribution in [-0.2, 0) is 28.9 Å². The summed E-state index contributed by atoms with van der Waals surface area (Å²) in [6, 6.07) is -0.704. The second-order valence-corrected chi connectivity index (χ2v) is 12.6. The molecular weight excluding hydrogens is 526 g/mol. The van der Waals surface area contributed by atoms with Gasteiger partial charge in [0.1, 0.15) is 23.0 Å². The number of imidazole rings is 1. The van der Waals surface area contributed by atoms with Gasteiger partial charge in [-0.3, -0.25) is 9.20 Å². The highest BCUT2D eigenvalue weighted by molar-refractivity contribution is 7.91. The standard InChI is InChI=1S/C23H29N3O9S2/c1-6-11(2)35-22(31)34-8-7-23(4)15(13-9-25-10-24-18(20(25)36-13)37(5,32)33)16(21(29)30)26-17(23)14(12(3)27)19(26)28/h9-12,14,17,27H,6-8H2,1-5H3,(H,29,30)/t11?,12-,14-,17-,23+/m1/s1. The fourth-order valence-corrected chi connectivity index (χ4v) is 7.50. The van der Waals surface area contributed by atoms with Gasteiger partial charge >= 0.3 is 12.1 Å². The van der Waals surface area contributed by atoms with Gasteiger partial charge in [0.05, 0.1) is 29.5 Å². The largest absolute Gasteiger partial charge is 0.508 e. The fourth-order valence-electron chi connectivity index (χ4n) is 5.11. The number of ether oxygens (including phenoxy) is 2. The van der Waals surface area contributed by atoms with Crippen molar-refractivity contribution in [2.45, 2.75) is 63.8 Å². The van der Waals surface area contributed by atoms with E-state index in [1.165, 1.54) is 22.6 Å². The summed E-state index contributed by atoms with van der Waals surface area (Å²) < 4.78 is 36.3. The topological polar surface area (TPSA) is 165 Å². The Morgan fingerprint density at radius 2 is 2.00 bits per heavy atom. The number of fused-ring (bicyclic) bond motifs is 2. The predicted octanol–water partition coefficient (Wildman–Crippen LogP) is 2.16. The van der Waals surface area contributed by atoms with Crippen molar-refractivity contribution < 1.29 is 42.5 Å². The lowest BCUT2D eigenvalue weighted by Crippen LogP contribution is -2.66. The zero-order valence-corrected chi connectivity index (χ0v) is 22.6. The number of aliphatic hydroxyl groups is 1. The minimum Gasteiger partial charge on any atom is -0.477 e. The molecule has 12 nitrogen and oxygen atoms in total. The lowest BCUT2D eigenvalue weighted by molar-refractivity contribution is -0.167. The molecule has 2 N–H and O–H groups in total. The maximum absolute atomic E-state index is 13.0. The SMILES string of the molecule is CCC(C)OC(=O)OCC[C@@]1(C)C(c2cn3cnc(S(C)(=O)=O)c3s2)=C(C(=O)O)N2C(=O)[C@H]([C@@H](C)O)[C@@H]21. The van der Waals surface area contributed by atoms with Gasteiger partial charge in [0.25, 0.3) is 0 Å². The Labute approximate surface area is 217 Å². The molecule has 2 aromatic rings. The first-order valence-electron chi connectivity index (χ1n) is 11.7. The maximum Gasteiger partial charge on any atom is 0.508 e. The molecule has 0 aliphatic carbocycles. The summed E-state index contributed by atoms with van der Waals surface area (Å²) in [5.41, 5.74) is -0.995. The van der Waals surface area contributed by atoms with Crippen LogP contribution in [0.3, 0.4) is 0 Å². The van der Waals surface area contributed by atoms with Crippen molar-refractivity contribution in [1.29, 1.82) is 0 Å². The number of amides is 1. The molecule has 4 rings (SSSR count). The van der Waals surface area contributed by atoms with E-state index in [1.54, 1.807) is 20.0 Å². The van der Waals surface area contributed by atoms with Gasteiger partial charge in [-0.05, 0) is 26.7 Å². The number of nitrogens with zero attached hydrogens (tertiary/aromatic N) is 3. The smallest absolute Gasteiger partial charge is 0.477 e. The van der Waals surface area contributed by atoms with Crippen molar-refractivity contribution in [3.63, 3.8) is 0 Å². The number of thiazole rings is 1. The van der Waals surface area contributed by atoms with E-state index in [4.69, 9.17) is 9.47 Å². The molecule has 5 atom stereocenters. The monoisotopic (exact) mass is 555 g/mol. The van der Waals surface area contributed by atoms with E-state index >= 15 is 0 Å². The van der Waals surface area contributed by atoms with Crippen molar-refractivity contribution in [2.75, 3.05) is 12.9 Å². The zero-order chi connectivity index (χ0) is 27.4. The van der Waals surface area contributed by atoms with Crippen LogP contribution in [0.25, 0.3) is 10.4 Å². The molecule has 2 aromatic heterocycles. The van der Waals surface area contributed by atoms with Crippen molar-refractivity contribution in [3.05, 3.63) is 23.1 Å². The fraction of sp³-hybridized carbons (Fsp3) is 0.565. The molecule has 0 aromatic carbocycles. The van der Waals surface area contributed by atoms with E-state index in [0.717, 1.165) is 17.6 Å². The molecule has 2 aliphatic rings. The molecule has 14 heteroatoms. The average molecular weight is 556 g/mol. The molecule has 0 bridgehead atoms. The third-order valence-electron chi connectivity index (χ3n) is 7.06. The van der Waals surface area contributed by atoms with Crippen LogP contribution < -0.4 is 0 Å². The summed E-state index contributed by atoms with van der Waals surface area (Å²) >= 11 is 1.04. The summed E-state index contributed by atoms with van der Waals surface area (Å²) in [5.74, 6) is -2.71. The molecule has 1 amide bonds. The number of aromatic nitrogens is 2. The van der Waals surface area contributed by atoms with Crippen LogP contribution in [0.4, 0.5) is 4.79 Å². The Morgan fingerprint density at radius 1 is 1.32 bits per heavy atom. The van der Waals surface area contributed by atoms with Gasteiger partial charge in [-0.15, -0.1) is 11.3 Å². The van der Waals surface area contributed by atoms with Crippen LogP contribution in [-0.4, -0.2) is 82.1 Å². The second kappa shape index (κ2) is 9.40. The number of β-lactam (4-membered cyclic amide) rings is 1. The summed E-state index contributed by atoms with van der Waals surface area (Å²) in [7, 11) is -3.65. The number of hydrogen-bond acceptors (Lipinski definition) is 10. The molecule has 1 fully saturated rings. The third kappa shape index (κ3) is 4.40. The van der Waals surface area contributed by atoms with Crippen molar-refractivity contribution >= 4 is 49.6 Å². The van der Waals surface area contributed by atoms with E-state index in [1.807, 2.05) is 6.92 Å². The molecule has 1 unspecified atom stereocenters. The Morgan fingerprint density at radius 3 is 2.57 bits per heavy atom. The van der Waals surface area contributed by atoms with Gasteiger partial charge in [-0.2, -0.15) is 0 Å². The van der Waals surface area contributed by atoms with Gasteiger partial charge in [0, 0.05) is 23.4 Å². The summed E-state index contributed by atoms with van der Waals surface area (Å²) in [4.78, 5) is 43.4. The van der Waals surface area contributed by atoms with Gasteiger partial charge in [0.2, 0.25) is 5.91 Å². The highest BCUT2D eigenvalue weighted by Crippen LogP contribution is 2.60. The van der Waals surface area contributed by atoms with Crippen LogP contribution in [0.2, 0.25) is 0 Å². The first-order chi connectivity index (χ1) is 17.2. The molecule has 2 aliphatic heterocycles. The predicted molar refractivity (Wildman–Crippen MR) is 131 cm³/mol. The van der Waals surface area contributed by atoms with E-state index in [-0.39, 0.29) is 29.9 Å². The normalized spacial score (nSPS) is 25.1. The van der Waals surface area contributed by atoms with Crippen molar-refractivity contribution in [1.82, 2.24) is 14.3 Å². The van der Waals surface area contributed by atoms with E-state index in [2.05, 4.69) is 4.98 Å². The van der Waals surface area contributed by atoms with Gasteiger partial charge in [-0.1, -0.05) is 13.8 Å². The summed E-state index contributed by atoms with van der Waals surface area (Å²) in [5, 5.41) is 20.4. The number of rotatable bonds is 9. The number of carbonyl (C=O) groups excluding carboxylic acids is 2. The van der Waals surface area contributed by atoms with E-state index in [9.17, 15) is 33.0 Å². The van der Waals surface area contributed by atoms with Gasteiger partial charge < -0.3 is 24.6 Å². The number of carboxylic acids is 1. The average Bonchev–Trinajstić information content (AvgIpc) is 3.41. The van der Waals surface area contributed by atoms with Crippen LogP contribution in [0.5, 0.6) is 0 Å². The number of sulfone groups is 1. The van der Waals surface area contributed by atoms with E-state index < -0.39 is 51.3 Å². The van der Waals surface area contributed by atoms with Crippen LogP contribution in [0.15, 0.2) is 23.2 Å². The van der Waals surface area contributed by atoms with Crippen molar-refractivity contribution in [2.24, 2.45) is 11.3 Å². The Balaban J connectivity index is 1.79. The highest BCUT2D eigenvalue weighted by Gasteiger charge is 2.66.